The zero-order valence-electron chi connectivity index (χ0n) is 14.4. The fourth-order valence-corrected chi connectivity index (χ4v) is 3.23. The third kappa shape index (κ3) is 3.16. The summed E-state index contributed by atoms with van der Waals surface area (Å²) in [6, 6.07) is 3.69. The van der Waals surface area contributed by atoms with E-state index in [1.807, 2.05) is 6.92 Å². The first-order valence-corrected chi connectivity index (χ1v) is 8.37. The molecule has 142 valence electrons. The molecule has 0 bridgehead atoms. The minimum absolute atomic E-state index is 0.164. The molecular weight excluding hydrogens is 361 g/mol. The molecular formula is C17H17F3N6O. The molecule has 27 heavy (non-hydrogen) atoms. The highest BCUT2D eigenvalue weighted by Gasteiger charge is 2.36. The molecule has 4 heterocycles. The van der Waals surface area contributed by atoms with Gasteiger partial charge in [-0.2, -0.15) is 13.2 Å². The molecule has 0 radical (unpaired) electrons. The highest BCUT2D eigenvalue weighted by molar-refractivity contribution is 5.94. The summed E-state index contributed by atoms with van der Waals surface area (Å²) >= 11 is 0. The lowest BCUT2D eigenvalue weighted by Gasteiger charge is -2.34. The summed E-state index contributed by atoms with van der Waals surface area (Å²) in [5.74, 6) is 0.518. The van der Waals surface area contributed by atoms with Gasteiger partial charge in [-0.1, -0.05) is 0 Å². The van der Waals surface area contributed by atoms with Crippen LogP contribution in [0.2, 0.25) is 0 Å². The number of nitrogens with zero attached hydrogens (tertiary/aromatic N) is 4. The molecule has 0 aromatic carbocycles. The Morgan fingerprint density at radius 2 is 2.11 bits per heavy atom. The summed E-state index contributed by atoms with van der Waals surface area (Å²) in [4.78, 5) is 16.9. The number of halogens is 3. The van der Waals surface area contributed by atoms with E-state index in [9.17, 15) is 13.2 Å². The van der Waals surface area contributed by atoms with Crippen LogP contribution in [0.25, 0.3) is 22.3 Å². The average Bonchev–Trinajstić information content (AvgIpc) is 3.04. The number of aromatic nitrogens is 4. The van der Waals surface area contributed by atoms with Crippen LogP contribution in [0.15, 0.2) is 24.5 Å². The number of anilines is 2. The number of H-pyrrole nitrogens is 1. The predicted octanol–water partition coefficient (Wildman–Crippen LogP) is 2.85. The van der Waals surface area contributed by atoms with Crippen LogP contribution in [0.1, 0.15) is 12.5 Å². The number of alkyl halides is 3. The van der Waals surface area contributed by atoms with Gasteiger partial charge < -0.3 is 20.4 Å². The van der Waals surface area contributed by atoms with Gasteiger partial charge in [0, 0.05) is 29.9 Å². The third-order valence-corrected chi connectivity index (χ3v) is 4.55. The van der Waals surface area contributed by atoms with Crippen molar-refractivity contribution < 1.29 is 17.9 Å². The van der Waals surface area contributed by atoms with Crippen molar-refractivity contribution in [1.29, 1.82) is 0 Å². The Morgan fingerprint density at radius 1 is 1.30 bits per heavy atom. The average molecular weight is 378 g/mol. The Bertz CT molecular complexity index is 986. The van der Waals surface area contributed by atoms with E-state index in [4.69, 9.17) is 10.5 Å². The molecule has 0 unspecified atom stereocenters. The van der Waals surface area contributed by atoms with Crippen LogP contribution in [0, 0.1) is 0 Å². The summed E-state index contributed by atoms with van der Waals surface area (Å²) in [5, 5.41) is 0.531. The highest BCUT2D eigenvalue weighted by atomic mass is 19.4. The molecule has 3 aromatic heterocycles. The van der Waals surface area contributed by atoms with Crippen LogP contribution in [0.5, 0.6) is 0 Å². The van der Waals surface area contributed by atoms with E-state index in [0.717, 1.165) is 5.82 Å². The zero-order chi connectivity index (χ0) is 19.2. The summed E-state index contributed by atoms with van der Waals surface area (Å²) in [5.41, 5.74) is 5.07. The maximum atomic E-state index is 13.4. The van der Waals surface area contributed by atoms with Gasteiger partial charge in [-0.25, -0.2) is 15.0 Å². The van der Waals surface area contributed by atoms with E-state index in [1.54, 1.807) is 12.1 Å². The summed E-state index contributed by atoms with van der Waals surface area (Å²) in [6.07, 6.45) is -2.43. The van der Waals surface area contributed by atoms with Crippen LogP contribution < -0.4 is 10.6 Å². The van der Waals surface area contributed by atoms with Gasteiger partial charge in [-0.05, 0) is 19.1 Å². The first-order valence-electron chi connectivity index (χ1n) is 8.37. The molecule has 4 rings (SSSR count). The van der Waals surface area contributed by atoms with Crippen molar-refractivity contribution in [1.82, 2.24) is 19.9 Å². The largest absolute Gasteiger partial charge is 0.419 e. The van der Waals surface area contributed by atoms with Gasteiger partial charge in [-0.15, -0.1) is 0 Å². The second kappa shape index (κ2) is 6.38. The van der Waals surface area contributed by atoms with Gasteiger partial charge in [0.25, 0.3) is 0 Å². The van der Waals surface area contributed by atoms with Crippen LogP contribution in [0.4, 0.5) is 24.9 Å². The van der Waals surface area contributed by atoms with Crippen molar-refractivity contribution in [3.05, 3.63) is 30.1 Å². The molecule has 1 atom stereocenters. The molecule has 1 fully saturated rings. The molecule has 1 aliphatic heterocycles. The Kier molecular flexibility index (Phi) is 4.14. The van der Waals surface area contributed by atoms with Crippen LogP contribution >= 0.6 is 0 Å². The Balaban J connectivity index is 1.80. The number of rotatable bonds is 2. The lowest BCUT2D eigenvalue weighted by molar-refractivity contribution is -0.137. The fraction of sp³-hybridized carbons (Fsp3) is 0.353. The predicted molar refractivity (Wildman–Crippen MR) is 94.2 cm³/mol. The van der Waals surface area contributed by atoms with Gasteiger partial charge in [0.05, 0.1) is 24.9 Å². The Labute approximate surface area is 152 Å². The molecule has 10 heteroatoms. The van der Waals surface area contributed by atoms with Gasteiger partial charge in [0.1, 0.15) is 17.0 Å². The van der Waals surface area contributed by atoms with E-state index in [0.29, 0.717) is 37.0 Å². The van der Waals surface area contributed by atoms with Crippen molar-refractivity contribution >= 4 is 22.8 Å². The lowest BCUT2D eigenvalue weighted by atomic mass is 10.1. The number of nitrogens with one attached hydrogen (secondary N) is 1. The maximum absolute atomic E-state index is 13.4. The molecule has 7 nitrogen and oxygen atoms in total. The van der Waals surface area contributed by atoms with E-state index >= 15 is 0 Å². The minimum atomic E-state index is -4.59. The Hall–Kier alpha value is -2.88. The molecule has 3 aromatic rings. The topological polar surface area (TPSA) is 93.0 Å². The molecule has 0 spiro atoms. The van der Waals surface area contributed by atoms with Crippen LogP contribution in [-0.4, -0.2) is 45.7 Å². The molecule has 1 saturated heterocycles. The molecule has 1 aliphatic rings. The maximum Gasteiger partial charge on any atom is 0.419 e. The number of fused-ring (bicyclic) bond motifs is 1. The zero-order valence-corrected chi connectivity index (χ0v) is 14.4. The minimum Gasteiger partial charge on any atom is -0.377 e. The normalized spacial score (nSPS) is 18.2. The van der Waals surface area contributed by atoms with E-state index in [-0.39, 0.29) is 23.2 Å². The first kappa shape index (κ1) is 17.5. The number of morpholine rings is 1. The Morgan fingerprint density at radius 3 is 2.85 bits per heavy atom. The smallest absolute Gasteiger partial charge is 0.377 e. The molecule has 0 saturated carbocycles. The van der Waals surface area contributed by atoms with E-state index in [2.05, 4.69) is 24.8 Å². The number of ether oxygens (including phenoxy) is 1. The standard InChI is InChI=1S/C17H17F3N6O/c1-9-8-27-5-4-26(9)13-3-2-10-11(6-22-15(10)24-13)14-12(17(18,19)20)7-23-16(21)25-14/h2-3,6-7,9H,4-5,8H2,1H3,(H,22,24)(H2,21,23,25)/t9-/m0/s1. The number of nitrogen functional groups attached to an aromatic ring is 1. The quantitative estimate of drug-likeness (QED) is 0.712. The van der Waals surface area contributed by atoms with Crippen molar-refractivity contribution in [3.8, 4) is 11.3 Å². The van der Waals surface area contributed by atoms with Gasteiger partial charge >= 0.3 is 6.18 Å². The second-order valence-electron chi connectivity index (χ2n) is 6.37. The van der Waals surface area contributed by atoms with E-state index in [1.165, 1.54) is 6.20 Å². The van der Waals surface area contributed by atoms with Gasteiger partial charge in [0.15, 0.2) is 0 Å². The number of hydrogen-bond acceptors (Lipinski definition) is 6. The monoisotopic (exact) mass is 378 g/mol. The summed E-state index contributed by atoms with van der Waals surface area (Å²) in [6.45, 7) is 3.94. The van der Waals surface area contributed by atoms with Crippen LogP contribution in [0.3, 0.4) is 0 Å². The number of hydrogen-bond donors (Lipinski definition) is 2. The van der Waals surface area contributed by atoms with Gasteiger partial charge in [-0.3, -0.25) is 0 Å². The van der Waals surface area contributed by atoms with E-state index < -0.39 is 11.7 Å². The lowest BCUT2D eigenvalue weighted by Crippen LogP contribution is -2.44. The SMILES string of the molecule is C[C@H]1COCCN1c1ccc2c(-c3nc(N)ncc3C(F)(F)F)c[nH]c2n1. The number of pyridine rings is 1. The molecule has 0 amide bonds. The first-order chi connectivity index (χ1) is 12.8. The second-order valence-corrected chi connectivity index (χ2v) is 6.37. The van der Waals surface area contributed by atoms with Crippen molar-refractivity contribution in [2.45, 2.75) is 19.1 Å². The van der Waals surface area contributed by atoms with Crippen molar-refractivity contribution in [2.24, 2.45) is 0 Å². The summed E-state index contributed by atoms with van der Waals surface area (Å²) < 4.78 is 45.5. The number of aromatic amines is 1. The third-order valence-electron chi connectivity index (χ3n) is 4.55. The van der Waals surface area contributed by atoms with Crippen molar-refractivity contribution in [3.63, 3.8) is 0 Å². The molecule has 0 aliphatic carbocycles. The van der Waals surface area contributed by atoms with Crippen molar-refractivity contribution in [2.75, 3.05) is 30.4 Å². The number of nitrogens with two attached hydrogens (primary N) is 1. The fourth-order valence-electron chi connectivity index (χ4n) is 3.23. The molecule has 3 N–H and O–H groups in total. The highest BCUT2D eigenvalue weighted by Crippen LogP contribution is 2.38. The van der Waals surface area contributed by atoms with Crippen LogP contribution in [-0.2, 0) is 10.9 Å². The van der Waals surface area contributed by atoms with Gasteiger partial charge in [0.2, 0.25) is 5.95 Å². The summed E-state index contributed by atoms with van der Waals surface area (Å²) in [7, 11) is 0.